The lowest BCUT2D eigenvalue weighted by Crippen LogP contribution is -2.52. The molecule has 1 saturated heterocycles. The standard InChI is InChI=1S/C21H22FN3OS/c22-18-6-2-3-7-19(18)24-11-13-25(14-12-24)21(26)23-10-9-16-15-27-20-8-4-1-5-17(16)20/h1-8,15H,9-14H2,(H,23,26). The van der Waals surface area contributed by atoms with E-state index in [9.17, 15) is 9.18 Å². The zero-order chi connectivity index (χ0) is 18.6. The van der Waals surface area contributed by atoms with Crippen LogP contribution < -0.4 is 10.2 Å². The predicted molar refractivity (Wildman–Crippen MR) is 109 cm³/mol. The molecule has 1 aliphatic rings. The smallest absolute Gasteiger partial charge is 0.317 e. The quantitative estimate of drug-likeness (QED) is 0.736. The summed E-state index contributed by atoms with van der Waals surface area (Å²) in [6.07, 6.45) is 0.824. The summed E-state index contributed by atoms with van der Waals surface area (Å²) in [6, 6.07) is 15.1. The van der Waals surface area contributed by atoms with Gasteiger partial charge < -0.3 is 15.1 Å². The molecule has 1 aliphatic heterocycles. The summed E-state index contributed by atoms with van der Waals surface area (Å²) in [6.45, 7) is 3.10. The third-order valence-electron chi connectivity index (χ3n) is 4.99. The lowest BCUT2D eigenvalue weighted by atomic mass is 10.1. The number of nitrogens with one attached hydrogen (secondary N) is 1. The molecule has 0 radical (unpaired) electrons. The first kappa shape index (κ1) is 17.8. The van der Waals surface area contributed by atoms with E-state index in [4.69, 9.17) is 0 Å². The van der Waals surface area contributed by atoms with Crippen molar-refractivity contribution in [1.82, 2.24) is 10.2 Å². The molecule has 1 fully saturated rings. The molecule has 2 aromatic carbocycles. The Bertz CT molecular complexity index is 934. The van der Waals surface area contributed by atoms with Gasteiger partial charge in [0.1, 0.15) is 5.82 Å². The van der Waals surface area contributed by atoms with Crippen LogP contribution in [0.3, 0.4) is 0 Å². The molecular weight excluding hydrogens is 361 g/mol. The molecule has 140 valence electrons. The fourth-order valence-corrected chi connectivity index (χ4v) is 4.50. The van der Waals surface area contributed by atoms with E-state index in [1.54, 1.807) is 23.5 Å². The van der Waals surface area contributed by atoms with Gasteiger partial charge >= 0.3 is 6.03 Å². The Balaban J connectivity index is 1.27. The van der Waals surface area contributed by atoms with E-state index in [1.165, 1.54) is 21.7 Å². The van der Waals surface area contributed by atoms with Crippen molar-refractivity contribution in [2.24, 2.45) is 0 Å². The molecule has 2 heterocycles. The van der Waals surface area contributed by atoms with Crippen LogP contribution in [0.25, 0.3) is 10.1 Å². The topological polar surface area (TPSA) is 35.6 Å². The van der Waals surface area contributed by atoms with Gasteiger partial charge in [0.15, 0.2) is 0 Å². The molecule has 1 N–H and O–H groups in total. The average molecular weight is 383 g/mol. The van der Waals surface area contributed by atoms with E-state index in [2.05, 4.69) is 22.8 Å². The second-order valence-corrected chi connectivity index (χ2v) is 7.58. The zero-order valence-electron chi connectivity index (χ0n) is 15.0. The van der Waals surface area contributed by atoms with E-state index < -0.39 is 0 Å². The normalized spacial score (nSPS) is 14.6. The summed E-state index contributed by atoms with van der Waals surface area (Å²) in [5, 5.41) is 6.46. The molecule has 0 saturated carbocycles. The summed E-state index contributed by atoms with van der Waals surface area (Å²) in [5.41, 5.74) is 1.89. The lowest BCUT2D eigenvalue weighted by molar-refractivity contribution is 0.194. The number of nitrogens with zero attached hydrogens (tertiary/aromatic N) is 2. The Kier molecular flexibility index (Phi) is 5.25. The van der Waals surface area contributed by atoms with Crippen LogP contribution in [0.4, 0.5) is 14.9 Å². The van der Waals surface area contributed by atoms with Crippen molar-refractivity contribution in [3.05, 3.63) is 65.3 Å². The number of benzene rings is 2. The molecule has 3 aromatic rings. The highest BCUT2D eigenvalue weighted by Gasteiger charge is 2.22. The maximum atomic E-state index is 13.9. The molecule has 4 nitrogen and oxygen atoms in total. The van der Waals surface area contributed by atoms with Gasteiger partial charge in [0, 0.05) is 37.4 Å². The van der Waals surface area contributed by atoms with Crippen LogP contribution in [0.15, 0.2) is 53.9 Å². The minimum absolute atomic E-state index is 0.0391. The second kappa shape index (κ2) is 7.96. The second-order valence-electron chi connectivity index (χ2n) is 6.66. The first-order valence-electron chi connectivity index (χ1n) is 9.20. The Morgan fingerprint density at radius 2 is 1.78 bits per heavy atom. The number of rotatable bonds is 4. The Morgan fingerprint density at radius 1 is 1.04 bits per heavy atom. The molecule has 1 aromatic heterocycles. The molecule has 6 heteroatoms. The summed E-state index contributed by atoms with van der Waals surface area (Å²) < 4.78 is 15.2. The zero-order valence-corrected chi connectivity index (χ0v) is 15.8. The van der Waals surface area contributed by atoms with Gasteiger partial charge in [0.2, 0.25) is 0 Å². The largest absolute Gasteiger partial charge is 0.366 e. The van der Waals surface area contributed by atoms with Crippen LogP contribution in [0.1, 0.15) is 5.56 Å². The molecule has 4 rings (SSSR count). The van der Waals surface area contributed by atoms with E-state index >= 15 is 0 Å². The fourth-order valence-electron chi connectivity index (χ4n) is 3.50. The van der Waals surface area contributed by atoms with E-state index in [0.29, 0.717) is 38.4 Å². The summed E-state index contributed by atoms with van der Waals surface area (Å²) in [4.78, 5) is 16.2. The Hall–Kier alpha value is -2.60. The van der Waals surface area contributed by atoms with Gasteiger partial charge in [0.05, 0.1) is 5.69 Å². The van der Waals surface area contributed by atoms with Crippen LogP contribution in [0.5, 0.6) is 0 Å². The van der Waals surface area contributed by atoms with Gasteiger partial charge in [-0.05, 0) is 40.9 Å². The van der Waals surface area contributed by atoms with Crippen LogP contribution >= 0.6 is 11.3 Å². The van der Waals surface area contributed by atoms with Gasteiger partial charge in [-0.25, -0.2) is 9.18 Å². The number of fused-ring (bicyclic) bond motifs is 1. The Labute approximate surface area is 162 Å². The fraction of sp³-hybridized carbons (Fsp3) is 0.286. The van der Waals surface area contributed by atoms with Crippen molar-refractivity contribution in [3.63, 3.8) is 0 Å². The van der Waals surface area contributed by atoms with Gasteiger partial charge in [-0.3, -0.25) is 0 Å². The third kappa shape index (κ3) is 3.90. The minimum atomic E-state index is -0.210. The van der Waals surface area contributed by atoms with Gasteiger partial charge in [0.25, 0.3) is 0 Å². The van der Waals surface area contributed by atoms with Gasteiger partial charge in [-0.2, -0.15) is 0 Å². The number of urea groups is 1. The number of hydrogen-bond acceptors (Lipinski definition) is 3. The molecule has 0 unspecified atom stereocenters. The highest BCUT2D eigenvalue weighted by molar-refractivity contribution is 7.17. The summed E-state index contributed by atoms with van der Waals surface area (Å²) >= 11 is 1.74. The summed E-state index contributed by atoms with van der Waals surface area (Å²) in [7, 11) is 0. The van der Waals surface area contributed by atoms with E-state index in [-0.39, 0.29) is 11.8 Å². The number of carbonyl (C=O) groups excluding carboxylic acids is 1. The molecule has 2 amide bonds. The van der Waals surface area contributed by atoms with Crippen LogP contribution in [0.2, 0.25) is 0 Å². The predicted octanol–water partition coefficient (Wildman–Crippen LogP) is 4.11. The van der Waals surface area contributed by atoms with Crippen LogP contribution in [0, 0.1) is 5.82 Å². The average Bonchev–Trinajstić information content (AvgIpc) is 3.12. The molecule has 0 bridgehead atoms. The number of anilines is 1. The SMILES string of the molecule is O=C(NCCc1csc2ccccc12)N1CCN(c2ccccc2F)CC1. The minimum Gasteiger partial charge on any atom is -0.366 e. The van der Waals surface area contributed by atoms with Crippen molar-refractivity contribution < 1.29 is 9.18 Å². The Morgan fingerprint density at radius 3 is 2.59 bits per heavy atom. The number of halogens is 1. The lowest BCUT2D eigenvalue weighted by Gasteiger charge is -2.36. The van der Waals surface area contributed by atoms with Crippen LogP contribution in [-0.4, -0.2) is 43.7 Å². The number of amides is 2. The molecule has 0 atom stereocenters. The van der Waals surface area contributed by atoms with E-state index in [1.807, 2.05) is 28.0 Å². The number of para-hydroxylation sites is 1. The summed E-state index contributed by atoms with van der Waals surface area (Å²) in [5.74, 6) is -0.210. The number of thiophene rings is 1. The highest BCUT2D eigenvalue weighted by Crippen LogP contribution is 2.25. The molecule has 0 aliphatic carbocycles. The molecule has 0 spiro atoms. The van der Waals surface area contributed by atoms with Crippen LogP contribution in [-0.2, 0) is 6.42 Å². The third-order valence-corrected chi connectivity index (χ3v) is 6.00. The first-order valence-corrected chi connectivity index (χ1v) is 10.1. The van der Waals surface area contributed by atoms with Gasteiger partial charge in [-0.15, -0.1) is 11.3 Å². The number of hydrogen-bond donors (Lipinski definition) is 1. The number of piperazine rings is 1. The van der Waals surface area contributed by atoms with Crippen molar-refractivity contribution in [1.29, 1.82) is 0 Å². The number of carbonyl (C=O) groups is 1. The van der Waals surface area contributed by atoms with Crippen molar-refractivity contribution in [2.45, 2.75) is 6.42 Å². The van der Waals surface area contributed by atoms with Crippen molar-refractivity contribution >= 4 is 33.1 Å². The van der Waals surface area contributed by atoms with Crippen molar-refractivity contribution in [3.8, 4) is 0 Å². The van der Waals surface area contributed by atoms with Crippen molar-refractivity contribution in [2.75, 3.05) is 37.6 Å². The maximum Gasteiger partial charge on any atom is 0.317 e. The monoisotopic (exact) mass is 383 g/mol. The van der Waals surface area contributed by atoms with E-state index in [0.717, 1.165) is 6.42 Å². The van der Waals surface area contributed by atoms with Gasteiger partial charge in [-0.1, -0.05) is 30.3 Å². The maximum absolute atomic E-state index is 13.9. The highest BCUT2D eigenvalue weighted by atomic mass is 32.1. The first-order chi connectivity index (χ1) is 13.2. The molecule has 27 heavy (non-hydrogen) atoms. The molecular formula is C21H22FN3OS.